The van der Waals surface area contributed by atoms with Crippen LogP contribution < -0.4 is 0 Å². The summed E-state index contributed by atoms with van der Waals surface area (Å²) in [4.78, 5) is 2.82. The van der Waals surface area contributed by atoms with Crippen LogP contribution in [0.2, 0.25) is 0 Å². The summed E-state index contributed by atoms with van der Waals surface area (Å²) in [6.07, 6.45) is 5.44. The average Bonchev–Trinajstić information content (AvgIpc) is 2.49. The van der Waals surface area contributed by atoms with Crippen molar-refractivity contribution in [2.45, 2.75) is 38.1 Å². The first-order valence-corrected chi connectivity index (χ1v) is 8.64. The predicted molar refractivity (Wildman–Crippen MR) is 89.2 cm³/mol. The summed E-state index contributed by atoms with van der Waals surface area (Å²) in [5.41, 5.74) is 1.87. The Labute approximate surface area is 130 Å². The molecule has 2 heteroatoms. The van der Waals surface area contributed by atoms with Crippen molar-refractivity contribution in [1.29, 1.82) is 0 Å². The molecule has 0 N–H and O–H groups in total. The third-order valence-electron chi connectivity index (χ3n) is 5.97. The number of hydrogen-bond donors (Lipinski definition) is 0. The van der Waals surface area contributed by atoms with Gasteiger partial charge in [-0.2, -0.15) is 0 Å². The Morgan fingerprint density at radius 2 is 1.57 bits per heavy atom. The quantitative estimate of drug-likeness (QED) is 0.753. The SMILES string of the molecule is CC1CCC(c2ccccc2)(N2CC[N+](C)(C)CC2)CC1. The van der Waals surface area contributed by atoms with Crippen LogP contribution in [0.3, 0.4) is 0 Å². The molecule has 2 fully saturated rings. The van der Waals surface area contributed by atoms with Crippen LogP contribution in [0, 0.1) is 5.92 Å². The number of nitrogens with zero attached hydrogens (tertiary/aromatic N) is 2. The average molecular weight is 287 g/mol. The zero-order chi connectivity index (χ0) is 14.9. The molecular weight excluding hydrogens is 256 g/mol. The highest BCUT2D eigenvalue weighted by Crippen LogP contribution is 2.44. The highest BCUT2D eigenvalue weighted by atomic mass is 15.4. The van der Waals surface area contributed by atoms with Crippen LogP contribution in [0.5, 0.6) is 0 Å². The maximum atomic E-state index is 2.82. The van der Waals surface area contributed by atoms with Crippen molar-refractivity contribution in [3.8, 4) is 0 Å². The largest absolute Gasteiger partial charge is 0.326 e. The first-order valence-electron chi connectivity index (χ1n) is 8.64. The van der Waals surface area contributed by atoms with E-state index in [2.05, 4.69) is 56.3 Å². The van der Waals surface area contributed by atoms with Gasteiger partial charge in [0.1, 0.15) is 0 Å². The van der Waals surface area contributed by atoms with Gasteiger partial charge in [-0.05, 0) is 37.2 Å². The molecule has 116 valence electrons. The molecule has 0 aromatic heterocycles. The second-order valence-corrected chi connectivity index (χ2v) is 7.95. The topological polar surface area (TPSA) is 3.24 Å². The van der Waals surface area contributed by atoms with E-state index in [1.165, 1.54) is 56.3 Å². The third kappa shape index (κ3) is 3.02. The Kier molecular flexibility index (Phi) is 4.11. The van der Waals surface area contributed by atoms with Crippen LogP contribution in [0.4, 0.5) is 0 Å². The number of benzene rings is 1. The van der Waals surface area contributed by atoms with E-state index in [-0.39, 0.29) is 0 Å². The summed E-state index contributed by atoms with van der Waals surface area (Å²) in [5.74, 6) is 0.902. The zero-order valence-corrected chi connectivity index (χ0v) is 14.0. The van der Waals surface area contributed by atoms with Gasteiger partial charge in [0, 0.05) is 18.6 Å². The van der Waals surface area contributed by atoms with Gasteiger partial charge in [-0.25, -0.2) is 0 Å². The Morgan fingerprint density at radius 1 is 1.00 bits per heavy atom. The first-order chi connectivity index (χ1) is 10.0. The lowest BCUT2D eigenvalue weighted by Crippen LogP contribution is -2.60. The van der Waals surface area contributed by atoms with Crippen LogP contribution in [-0.4, -0.2) is 49.7 Å². The minimum absolute atomic E-state index is 0.314. The van der Waals surface area contributed by atoms with Crippen molar-refractivity contribution in [3.63, 3.8) is 0 Å². The van der Waals surface area contributed by atoms with E-state index in [0.717, 1.165) is 5.92 Å². The fourth-order valence-corrected chi connectivity index (χ4v) is 4.21. The monoisotopic (exact) mass is 287 g/mol. The molecule has 0 amide bonds. The van der Waals surface area contributed by atoms with Crippen LogP contribution >= 0.6 is 0 Å². The molecule has 3 rings (SSSR count). The van der Waals surface area contributed by atoms with Crippen molar-refractivity contribution >= 4 is 0 Å². The Balaban J connectivity index is 1.87. The van der Waals surface area contributed by atoms with Gasteiger partial charge in [0.25, 0.3) is 0 Å². The standard InChI is InChI=1S/C19H31N2/c1-17-9-11-19(12-10-17,18-7-5-4-6-8-18)20-13-15-21(2,3)16-14-20/h4-8,17H,9-16H2,1-3H3/q+1. The summed E-state index contributed by atoms with van der Waals surface area (Å²) in [6.45, 7) is 7.48. The third-order valence-corrected chi connectivity index (χ3v) is 5.97. The number of piperazine rings is 1. The van der Waals surface area contributed by atoms with E-state index in [9.17, 15) is 0 Å². The summed E-state index contributed by atoms with van der Waals surface area (Å²) in [5, 5.41) is 0. The molecule has 0 bridgehead atoms. The lowest BCUT2D eigenvalue weighted by molar-refractivity contribution is -0.895. The lowest BCUT2D eigenvalue weighted by atomic mass is 9.72. The van der Waals surface area contributed by atoms with Gasteiger partial charge < -0.3 is 4.48 Å². The molecule has 0 spiro atoms. The molecule has 0 unspecified atom stereocenters. The molecule has 1 aromatic carbocycles. The number of quaternary nitrogens is 1. The van der Waals surface area contributed by atoms with E-state index in [1.807, 2.05) is 0 Å². The summed E-state index contributed by atoms with van der Waals surface area (Å²) in [7, 11) is 4.74. The van der Waals surface area contributed by atoms with Gasteiger partial charge in [0.2, 0.25) is 0 Å². The van der Waals surface area contributed by atoms with E-state index >= 15 is 0 Å². The molecule has 2 nitrogen and oxygen atoms in total. The van der Waals surface area contributed by atoms with Crippen molar-refractivity contribution in [2.24, 2.45) is 5.92 Å². The van der Waals surface area contributed by atoms with E-state index in [1.54, 1.807) is 5.56 Å². The van der Waals surface area contributed by atoms with Gasteiger partial charge in [-0.3, -0.25) is 4.90 Å². The first kappa shape index (κ1) is 15.1. The maximum Gasteiger partial charge on any atom is 0.0912 e. The number of hydrogen-bond acceptors (Lipinski definition) is 1. The van der Waals surface area contributed by atoms with Gasteiger partial charge in [0.15, 0.2) is 0 Å². The van der Waals surface area contributed by atoms with E-state index in [0.29, 0.717) is 5.54 Å². The zero-order valence-electron chi connectivity index (χ0n) is 14.0. The predicted octanol–water partition coefficient (Wildman–Crippen LogP) is 3.48. The van der Waals surface area contributed by atoms with Gasteiger partial charge in [-0.15, -0.1) is 0 Å². The van der Waals surface area contributed by atoms with Crippen LogP contribution in [0.1, 0.15) is 38.2 Å². The molecule has 0 atom stereocenters. The molecule has 1 aliphatic carbocycles. The molecule has 21 heavy (non-hydrogen) atoms. The normalized spacial score (nSPS) is 33.8. The summed E-state index contributed by atoms with van der Waals surface area (Å²) >= 11 is 0. The smallest absolute Gasteiger partial charge is 0.0912 e. The van der Waals surface area contributed by atoms with Crippen molar-refractivity contribution < 1.29 is 4.48 Å². The van der Waals surface area contributed by atoms with Crippen LogP contribution in [0.15, 0.2) is 30.3 Å². The highest BCUT2D eigenvalue weighted by Gasteiger charge is 2.43. The van der Waals surface area contributed by atoms with Crippen molar-refractivity contribution in [2.75, 3.05) is 40.3 Å². The second-order valence-electron chi connectivity index (χ2n) is 7.95. The molecule has 1 heterocycles. The van der Waals surface area contributed by atoms with Crippen molar-refractivity contribution in [3.05, 3.63) is 35.9 Å². The lowest BCUT2D eigenvalue weighted by Gasteiger charge is -2.52. The van der Waals surface area contributed by atoms with Gasteiger partial charge >= 0.3 is 0 Å². The minimum atomic E-state index is 0.314. The van der Waals surface area contributed by atoms with Crippen molar-refractivity contribution in [1.82, 2.24) is 4.90 Å². The number of likely N-dealkylation sites (N-methyl/N-ethyl adjacent to an activating group) is 1. The van der Waals surface area contributed by atoms with E-state index in [4.69, 9.17) is 0 Å². The minimum Gasteiger partial charge on any atom is -0.326 e. The molecule has 1 saturated heterocycles. The number of rotatable bonds is 2. The van der Waals surface area contributed by atoms with Crippen LogP contribution in [0.25, 0.3) is 0 Å². The molecule has 2 aliphatic rings. The molecular formula is C19H31N2+. The summed E-state index contributed by atoms with van der Waals surface area (Å²) < 4.78 is 1.18. The fourth-order valence-electron chi connectivity index (χ4n) is 4.21. The second kappa shape index (κ2) is 5.73. The van der Waals surface area contributed by atoms with E-state index < -0.39 is 0 Å². The summed E-state index contributed by atoms with van der Waals surface area (Å²) in [6, 6.07) is 11.3. The molecule has 1 aliphatic heterocycles. The van der Waals surface area contributed by atoms with Gasteiger partial charge in [-0.1, -0.05) is 37.3 Å². The Morgan fingerprint density at radius 3 is 2.14 bits per heavy atom. The fraction of sp³-hybridized carbons (Fsp3) is 0.684. The van der Waals surface area contributed by atoms with Gasteiger partial charge in [0.05, 0.1) is 27.2 Å². The molecule has 1 saturated carbocycles. The Bertz CT molecular complexity index is 448. The van der Waals surface area contributed by atoms with Crippen LogP contribution in [-0.2, 0) is 5.54 Å². The molecule has 1 aromatic rings. The Hall–Kier alpha value is -0.860. The maximum absolute atomic E-state index is 2.82. The molecule has 0 radical (unpaired) electrons. The highest BCUT2D eigenvalue weighted by molar-refractivity contribution is 5.25.